The molecule has 2 N–H and O–H groups in total. The van der Waals surface area contributed by atoms with Gasteiger partial charge < -0.3 is 10.4 Å². The van der Waals surface area contributed by atoms with Crippen LogP contribution in [0, 0.1) is 0 Å². The van der Waals surface area contributed by atoms with Crippen molar-refractivity contribution in [3.63, 3.8) is 0 Å². The van der Waals surface area contributed by atoms with Gasteiger partial charge in [-0.1, -0.05) is 12.1 Å². The maximum absolute atomic E-state index is 12.1. The molecule has 1 unspecified atom stereocenters. The van der Waals surface area contributed by atoms with Gasteiger partial charge in [-0.3, -0.25) is 4.79 Å². The molecule has 0 spiro atoms. The first-order chi connectivity index (χ1) is 8.89. The largest absolute Gasteiger partial charge is 0.396 e. The minimum Gasteiger partial charge on any atom is -0.396 e. The van der Waals surface area contributed by atoms with E-state index in [1.54, 1.807) is 17.8 Å². The molecular weight excluding hydrogens is 244 g/mol. The summed E-state index contributed by atoms with van der Waals surface area (Å²) >= 11 is 0. The van der Waals surface area contributed by atoms with Gasteiger partial charge in [0, 0.05) is 18.3 Å². The van der Waals surface area contributed by atoms with Gasteiger partial charge in [0.2, 0.25) is 5.91 Å². The van der Waals surface area contributed by atoms with E-state index in [9.17, 15) is 4.79 Å². The molecule has 1 aromatic rings. The Morgan fingerprint density at radius 3 is 2.84 bits per heavy atom. The lowest BCUT2D eigenvalue weighted by atomic mass is 10.0. The van der Waals surface area contributed by atoms with Crippen molar-refractivity contribution in [2.75, 3.05) is 6.61 Å². The molecule has 0 aliphatic rings. The van der Waals surface area contributed by atoms with E-state index in [1.807, 2.05) is 20.8 Å². The van der Waals surface area contributed by atoms with Crippen LogP contribution in [-0.4, -0.2) is 38.2 Å². The third-order valence-corrected chi connectivity index (χ3v) is 3.27. The summed E-state index contributed by atoms with van der Waals surface area (Å²) in [7, 11) is 0. The minimum atomic E-state index is -0.388. The van der Waals surface area contributed by atoms with Crippen molar-refractivity contribution in [2.45, 2.75) is 58.5 Å². The molecule has 1 heterocycles. The van der Waals surface area contributed by atoms with Crippen molar-refractivity contribution in [1.29, 1.82) is 0 Å². The topological polar surface area (TPSA) is 80.0 Å². The number of carbonyl (C=O) groups excluding carboxylic acids is 1. The number of rotatable bonds is 7. The Balaban J connectivity index is 2.64. The Hall–Kier alpha value is -1.43. The van der Waals surface area contributed by atoms with Gasteiger partial charge in [0.25, 0.3) is 0 Å². The Morgan fingerprint density at radius 2 is 2.26 bits per heavy atom. The molecule has 1 amide bonds. The van der Waals surface area contributed by atoms with Gasteiger partial charge in [-0.2, -0.15) is 0 Å². The second kappa shape index (κ2) is 6.65. The molecule has 1 rings (SSSR count). The number of aliphatic hydroxyl groups is 1. The van der Waals surface area contributed by atoms with Crippen molar-refractivity contribution < 1.29 is 9.90 Å². The molecule has 108 valence electrons. The molecule has 0 bridgehead atoms. The molecule has 6 nitrogen and oxygen atoms in total. The van der Waals surface area contributed by atoms with Gasteiger partial charge in [0.1, 0.15) is 6.04 Å². The predicted molar refractivity (Wildman–Crippen MR) is 72.7 cm³/mol. The van der Waals surface area contributed by atoms with Crippen LogP contribution in [-0.2, 0) is 11.2 Å². The average molecular weight is 268 g/mol. The Morgan fingerprint density at radius 1 is 1.58 bits per heavy atom. The number of hydrogen-bond donors (Lipinski definition) is 2. The van der Waals surface area contributed by atoms with Crippen LogP contribution in [0.4, 0.5) is 0 Å². The molecule has 1 aromatic heterocycles. The van der Waals surface area contributed by atoms with E-state index in [0.717, 1.165) is 12.1 Å². The maximum Gasteiger partial charge on any atom is 0.245 e. The minimum absolute atomic E-state index is 0.0644. The van der Waals surface area contributed by atoms with E-state index >= 15 is 0 Å². The molecule has 1 atom stereocenters. The zero-order valence-corrected chi connectivity index (χ0v) is 12.2. The van der Waals surface area contributed by atoms with Crippen LogP contribution in [0.5, 0.6) is 0 Å². The molecule has 19 heavy (non-hydrogen) atoms. The number of aliphatic hydroxyl groups excluding tert-OH is 1. The average Bonchev–Trinajstić information content (AvgIpc) is 2.83. The van der Waals surface area contributed by atoms with E-state index in [-0.39, 0.29) is 24.1 Å². The standard InChI is InChI=1S/C13H24N4O2/c1-5-13(3,4)14-12(19)10(2)17-9-11(15-16-17)7-6-8-18/h9-10,18H,5-8H2,1-4H3,(H,14,19). The molecule has 0 aliphatic carbocycles. The Kier molecular flexibility index (Phi) is 5.47. The monoisotopic (exact) mass is 268 g/mol. The molecule has 0 aliphatic heterocycles. The van der Waals surface area contributed by atoms with Crippen LogP contribution in [0.15, 0.2) is 6.20 Å². The highest BCUT2D eigenvalue weighted by molar-refractivity contribution is 5.80. The first kappa shape index (κ1) is 15.6. The lowest BCUT2D eigenvalue weighted by Gasteiger charge is -2.26. The second-order valence-electron chi connectivity index (χ2n) is 5.42. The number of aryl methyl sites for hydroxylation is 1. The second-order valence-corrected chi connectivity index (χ2v) is 5.42. The zero-order chi connectivity index (χ0) is 14.5. The molecule has 0 aromatic carbocycles. The number of aromatic nitrogens is 3. The lowest BCUT2D eigenvalue weighted by molar-refractivity contribution is -0.125. The summed E-state index contributed by atoms with van der Waals surface area (Å²) < 4.78 is 1.56. The van der Waals surface area contributed by atoms with Crippen LogP contribution in [0.2, 0.25) is 0 Å². The molecular formula is C13H24N4O2. The number of nitrogens with zero attached hydrogens (tertiary/aromatic N) is 3. The normalized spacial score (nSPS) is 13.3. The van der Waals surface area contributed by atoms with Gasteiger partial charge in [0.15, 0.2) is 0 Å². The van der Waals surface area contributed by atoms with E-state index in [2.05, 4.69) is 15.6 Å². The number of amides is 1. The van der Waals surface area contributed by atoms with E-state index in [0.29, 0.717) is 12.8 Å². The van der Waals surface area contributed by atoms with Crippen LogP contribution < -0.4 is 5.32 Å². The van der Waals surface area contributed by atoms with E-state index in [1.165, 1.54) is 0 Å². The smallest absolute Gasteiger partial charge is 0.245 e. The Labute approximate surface area is 114 Å². The zero-order valence-electron chi connectivity index (χ0n) is 12.2. The van der Waals surface area contributed by atoms with Crippen molar-refractivity contribution in [1.82, 2.24) is 20.3 Å². The van der Waals surface area contributed by atoms with Gasteiger partial charge in [-0.15, -0.1) is 5.10 Å². The summed E-state index contributed by atoms with van der Waals surface area (Å²) in [6.45, 7) is 7.95. The van der Waals surface area contributed by atoms with Crippen molar-refractivity contribution in [2.24, 2.45) is 0 Å². The molecule has 0 radical (unpaired) electrons. The fourth-order valence-electron chi connectivity index (χ4n) is 1.52. The summed E-state index contributed by atoms with van der Waals surface area (Å²) in [5.41, 5.74) is 0.578. The highest BCUT2D eigenvalue weighted by Gasteiger charge is 2.23. The highest BCUT2D eigenvalue weighted by Crippen LogP contribution is 2.11. The van der Waals surface area contributed by atoms with Gasteiger partial charge in [0.05, 0.1) is 5.69 Å². The van der Waals surface area contributed by atoms with E-state index < -0.39 is 0 Å². The summed E-state index contributed by atoms with van der Waals surface area (Å²) in [5.74, 6) is -0.0644. The number of hydrogen-bond acceptors (Lipinski definition) is 4. The quantitative estimate of drug-likeness (QED) is 0.775. The van der Waals surface area contributed by atoms with Gasteiger partial charge in [-0.25, -0.2) is 4.68 Å². The maximum atomic E-state index is 12.1. The molecule has 0 saturated heterocycles. The third-order valence-electron chi connectivity index (χ3n) is 3.27. The first-order valence-electron chi connectivity index (χ1n) is 6.73. The predicted octanol–water partition coefficient (Wildman–Crippen LogP) is 1.07. The van der Waals surface area contributed by atoms with Crippen molar-refractivity contribution >= 4 is 5.91 Å². The van der Waals surface area contributed by atoms with Crippen LogP contribution in [0.25, 0.3) is 0 Å². The first-order valence-corrected chi connectivity index (χ1v) is 6.73. The fourth-order valence-corrected chi connectivity index (χ4v) is 1.52. The van der Waals surface area contributed by atoms with Gasteiger partial charge in [-0.05, 0) is 40.0 Å². The van der Waals surface area contributed by atoms with Crippen LogP contribution in [0.3, 0.4) is 0 Å². The summed E-state index contributed by atoms with van der Waals surface area (Å²) in [6.07, 6.45) is 3.96. The fraction of sp³-hybridized carbons (Fsp3) is 0.769. The summed E-state index contributed by atoms with van der Waals surface area (Å²) in [5, 5.41) is 19.7. The molecule has 6 heteroatoms. The molecule has 0 fully saturated rings. The van der Waals surface area contributed by atoms with Crippen molar-refractivity contribution in [3.05, 3.63) is 11.9 Å². The third kappa shape index (κ3) is 4.63. The highest BCUT2D eigenvalue weighted by atomic mass is 16.2. The SMILES string of the molecule is CCC(C)(C)NC(=O)C(C)n1cc(CCCO)nn1. The van der Waals surface area contributed by atoms with E-state index in [4.69, 9.17) is 5.11 Å². The summed E-state index contributed by atoms with van der Waals surface area (Å²) in [6, 6.07) is -0.388. The Bertz CT molecular complexity index is 415. The lowest BCUT2D eigenvalue weighted by Crippen LogP contribution is -2.45. The number of nitrogens with one attached hydrogen (secondary N) is 1. The number of carbonyl (C=O) groups is 1. The van der Waals surface area contributed by atoms with Crippen LogP contribution >= 0.6 is 0 Å². The van der Waals surface area contributed by atoms with Gasteiger partial charge >= 0.3 is 0 Å². The molecule has 0 saturated carbocycles. The van der Waals surface area contributed by atoms with Crippen molar-refractivity contribution in [3.8, 4) is 0 Å². The van der Waals surface area contributed by atoms with Crippen LogP contribution in [0.1, 0.15) is 52.3 Å². The summed E-state index contributed by atoms with van der Waals surface area (Å²) in [4.78, 5) is 12.1.